The van der Waals surface area contributed by atoms with E-state index in [4.69, 9.17) is 4.74 Å². The van der Waals surface area contributed by atoms with Crippen LogP contribution in [0.3, 0.4) is 0 Å². The van der Waals surface area contributed by atoms with Gasteiger partial charge in [0.2, 0.25) is 5.75 Å². The van der Waals surface area contributed by atoms with Crippen LogP contribution in [0.25, 0.3) is 10.9 Å². The second kappa shape index (κ2) is 10.2. The molecule has 0 aliphatic rings. The highest BCUT2D eigenvalue weighted by Crippen LogP contribution is 2.34. The molecule has 8 nitrogen and oxygen atoms in total. The van der Waals surface area contributed by atoms with Gasteiger partial charge in [0.25, 0.3) is 5.56 Å². The Morgan fingerprint density at radius 3 is 2.47 bits per heavy atom. The predicted octanol–water partition coefficient (Wildman–Crippen LogP) is 6.36. The largest absolute Gasteiger partial charge is 0.481 e. The van der Waals surface area contributed by atoms with Gasteiger partial charge in [-0.1, -0.05) is 59.9 Å². The molecule has 0 fully saturated rings. The van der Waals surface area contributed by atoms with E-state index in [1.165, 1.54) is 12.3 Å². The predicted molar refractivity (Wildman–Crippen MR) is 141 cm³/mol. The zero-order valence-electron chi connectivity index (χ0n) is 17.5. The molecule has 3 aromatic carbocycles. The van der Waals surface area contributed by atoms with Gasteiger partial charge in [-0.25, -0.2) is 4.98 Å². The summed E-state index contributed by atoms with van der Waals surface area (Å²) in [6.07, 6.45) is 1.36. The summed E-state index contributed by atoms with van der Waals surface area (Å²) in [7, 11) is 0. The van der Waals surface area contributed by atoms with Crippen LogP contribution < -0.4 is 10.3 Å². The number of nitro groups is 1. The van der Waals surface area contributed by atoms with Crippen LogP contribution in [-0.2, 0) is 6.61 Å². The summed E-state index contributed by atoms with van der Waals surface area (Å²) >= 11 is 10.0. The standard InChI is InChI=1S/C23H15Br3N4O4/c1-13-28-20-7-6-17(25)9-19(20)23(31)29(13)27-11-15-8-18(26)10-21(30(32)33)22(15)34-12-14-2-4-16(24)5-3-14/h2-11H,12H2,1H3. The molecule has 0 bridgehead atoms. The van der Waals surface area contributed by atoms with E-state index in [9.17, 15) is 14.9 Å². The van der Waals surface area contributed by atoms with Crippen LogP contribution in [0.2, 0.25) is 0 Å². The summed E-state index contributed by atoms with van der Waals surface area (Å²) in [4.78, 5) is 28.7. The number of benzene rings is 3. The van der Waals surface area contributed by atoms with E-state index in [0.29, 0.717) is 26.8 Å². The van der Waals surface area contributed by atoms with Crippen molar-refractivity contribution in [1.29, 1.82) is 0 Å². The number of nitro benzene ring substituents is 1. The molecular formula is C23H15Br3N4O4. The van der Waals surface area contributed by atoms with Gasteiger partial charge in [0.05, 0.1) is 22.0 Å². The monoisotopic (exact) mass is 648 g/mol. The highest BCUT2D eigenvalue weighted by molar-refractivity contribution is 9.11. The number of rotatable bonds is 6. The Morgan fingerprint density at radius 1 is 1.06 bits per heavy atom. The van der Waals surface area contributed by atoms with Crippen molar-refractivity contribution in [2.24, 2.45) is 5.10 Å². The van der Waals surface area contributed by atoms with Crippen molar-refractivity contribution < 1.29 is 9.66 Å². The van der Waals surface area contributed by atoms with Crippen LogP contribution in [0.15, 0.2) is 77.9 Å². The van der Waals surface area contributed by atoms with Crippen LogP contribution in [0.1, 0.15) is 17.0 Å². The van der Waals surface area contributed by atoms with Gasteiger partial charge in [-0.3, -0.25) is 14.9 Å². The summed E-state index contributed by atoms with van der Waals surface area (Å²) in [6.45, 7) is 1.77. The van der Waals surface area contributed by atoms with Gasteiger partial charge >= 0.3 is 5.69 Å². The van der Waals surface area contributed by atoms with Crippen molar-refractivity contribution in [3.8, 4) is 5.75 Å². The average Bonchev–Trinajstić information content (AvgIpc) is 2.79. The third-order valence-electron chi connectivity index (χ3n) is 4.84. The molecular weight excluding hydrogens is 636 g/mol. The van der Waals surface area contributed by atoms with Gasteiger partial charge in [0.1, 0.15) is 12.4 Å². The maximum absolute atomic E-state index is 13.0. The van der Waals surface area contributed by atoms with Crippen LogP contribution >= 0.6 is 47.8 Å². The number of nitrogens with zero attached hydrogens (tertiary/aromatic N) is 4. The Kier molecular flexibility index (Phi) is 7.24. The summed E-state index contributed by atoms with van der Waals surface area (Å²) < 4.78 is 9.15. The fourth-order valence-electron chi connectivity index (χ4n) is 3.24. The van der Waals surface area contributed by atoms with Crippen molar-refractivity contribution in [3.05, 3.63) is 105 Å². The van der Waals surface area contributed by atoms with Gasteiger partial charge in [-0.2, -0.15) is 9.78 Å². The first-order valence-corrected chi connectivity index (χ1v) is 12.2. The minimum absolute atomic E-state index is 0.0436. The second-order valence-electron chi connectivity index (χ2n) is 7.20. The van der Waals surface area contributed by atoms with Crippen LogP contribution in [0.4, 0.5) is 5.69 Å². The zero-order chi connectivity index (χ0) is 24.4. The van der Waals surface area contributed by atoms with Crippen molar-refractivity contribution in [2.75, 3.05) is 0 Å². The maximum Gasteiger partial charge on any atom is 0.312 e. The molecule has 0 atom stereocenters. The molecule has 0 saturated heterocycles. The van der Waals surface area contributed by atoms with Gasteiger partial charge in [0.15, 0.2) is 0 Å². The van der Waals surface area contributed by atoms with Crippen molar-refractivity contribution in [1.82, 2.24) is 9.66 Å². The third-order valence-corrected chi connectivity index (χ3v) is 6.32. The van der Waals surface area contributed by atoms with Crippen molar-refractivity contribution >= 4 is 70.6 Å². The summed E-state index contributed by atoms with van der Waals surface area (Å²) in [6, 6.07) is 15.6. The van der Waals surface area contributed by atoms with Crippen LogP contribution in [0, 0.1) is 17.0 Å². The van der Waals surface area contributed by atoms with Crippen LogP contribution in [0.5, 0.6) is 5.75 Å². The molecule has 0 radical (unpaired) electrons. The molecule has 1 aromatic heterocycles. The topological polar surface area (TPSA) is 99.6 Å². The molecule has 0 N–H and O–H groups in total. The van der Waals surface area contributed by atoms with E-state index >= 15 is 0 Å². The SMILES string of the molecule is Cc1nc2ccc(Br)cc2c(=O)n1N=Cc1cc(Br)cc([N+](=O)[O-])c1OCc1ccc(Br)cc1. The molecule has 4 rings (SSSR count). The minimum Gasteiger partial charge on any atom is -0.481 e. The Bertz CT molecular complexity index is 1500. The van der Waals surface area contributed by atoms with Crippen LogP contribution in [-0.4, -0.2) is 20.8 Å². The lowest BCUT2D eigenvalue weighted by Gasteiger charge is -2.11. The van der Waals surface area contributed by atoms with E-state index in [1.807, 2.05) is 24.3 Å². The molecule has 1 heterocycles. The molecule has 0 unspecified atom stereocenters. The van der Waals surface area contributed by atoms with Gasteiger partial charge in [-0.15, -0.1) is 0 Å². The van der Waals surface area contributed by atoms with Crippen molar-refractivity contribution in [2.45, 2.75) is 13.5 Å². The summed E-state index contributed by atoms with van der Waals surface area (Å²) in [5.74, 6) is 0.417. The molecule has 0 aliphatic heterocycles. The summed E-state index contributed by atoms with van der Waals surface area (Å²) in [5.41, 5.74) is 1.13. The number of fused-ring (bicyclic) bond motifs is 1. The molecule has 34 heavy (non-hydrogen) atoms. The van der Waals surface area contributed by atoms with Gasteiger partial charge < -0.3 is 4.74 Å². The second-order valence-corrected chi connectivity index (χ2v) is 9.94. The Morgan fingerprint density at radius 2 is 1.76 bits per heavy atom. The van der Waals surface area contributed by atoms with Crippen molar-refractivity contribution in [3.63, 3.8) is 0 Å². The van der Waals surface area contributed by atoms with Gasteiger partial charge in [0, 0.05) is 25.0 Å². The number of hydrogen-bond donors (Lipinski definition) is 0. The molecule has 0 saturated carbocycles. The lowest BCUT2D eigenvalue weighted by atomic mass is 10.2. The Hall–Kier alpha value is -2.89. The van der Waals surface area contributed by atoms with E-state index in [-0.39, 0.29) is 23.6 Å². The smallest absolute Gasteiger partial charge is 0.312 e. The molecule has 0 spiro atoms. The number of aryl methyl sites for hydroxylation is 1. The fourth-order valence-corrected chi connectivity index (χ4v) is 4.33. The maximum atomic E-state index is 13.0. The highest BCUT2D eigenvalue weighted by atomic mass is 79.9. The Labute approximate surface area is 218 Å². The fraction of sp³-hybridized carbons (Fsp3) is 0.0870. The minimum atomic E-state index is -0.522. The first-order chi connectivity index (χ1) is 16.2. The molecule has 0 amide bonds. The lowest BCUT2D eigenvalue weighted by Crippen LogP contribution is -2.20. The summed E-state index contributed by atoms with van der Waals surface area (Å²) in [5, 5.41) is 16.4. The Balaban J connectivity index is 1.77. The average molecular weight is 651 g/mol. The normalized spacial score (nSPS) is 11.3. The first kappa shape index (κ1) is 24.2. The molecule has 4 aromatic rings. The quantitative estimate of drug-likeness (QED) is 0.137. The number of hydrogen-bond acceptors (Lipinski definition) is 6. The third kappa shape index (κ3) is 5.26. The van der Waals surface area contributed by atoms with E-state index in [2.05, 4.69) is 57.9 Å². The molecule has 11 heteroatoms. The number of halogens is 3. The lowest BCUT2D eigenvalue weighted by molar-refractivity contribution is -0.386. The van der Waals surface area contributed by atoms with E-state index in [0.717, 1.165) is 19.2 Å². The number of ether oxygens (including phenoxy) is 1. The van der Waals surface area contributed by atoms with E-state index < -0.39 is 4.92 Å². The van der Waals surface area contributed by atoms with Gasteiger partial charge in [-0.05, 0) is 48.9 Å². The molecule has 0 aliphatic carbocycles. The number of aromatic nitrogens is 2. The first-order valence-electron chi connectivity index (χ1n) is 9.81. The zero-order valence-corrected chi connectivity index (χ0v) is 22.3. The van der Waals surface area contributed by atoms with E-state index in [1.54, 1.807) is 31.2 Å². The highest BCUT2D eigenvalue weighted by Gasteiger charge is 2.21. The molecule has 172 valence electrons.